The van der Waals surface area contributed by atoms with Crippen LogP contribution in [0.2, 0.25) is 0 Å². The van der Waals surface area contributed by atoms with Gasteiger partial charge in [-0.3, -0.25) is 19.2 Å². The first-order chi connectivity index (χ1) is 16.8. The Morgan fingerprint density at radius 1 is 0.743 bits per heavy atom. The van der Waals surface area contributed by atoms with E-state index in [2.05, 4.69) is 16.0 Å². The van der Waals surface area contributed by atoms with Crippen molar-refractivity contribution in [2.24, 2.45) is 0 Å². The van der Waals surface area contributed by atoms with E-state index in [9.17, 15) is 19.2 Å². The van der Waals surface area contributed by atoms with E-state index in [1.165, 1.54) is 0 Å². The third kappa shape index (κ3) is 7.82. The van der Waals surface area contributed by atoms with Crippen molar-refractivity contribution < 1.29 is 23.9 Å². The minimum atomic E-state index is -0.760. The molecule has 0 bridgehead atoms. The Morgan fingerprint density at radius 3 is 2.06 bits per heavy atom. The molecule has 8 nitrogen and oxygen atoms in total. The SMILES string of the molecule is Cc1ccc(CNC(=O)c2ccccc2NC(=O)COC(=O)CNC(=O)c2ccc(C)cc2)cc1. The monoisotopic (exact) mass is 473 g/mol. The number of hydrogen-bond acceptors (Lipinski definition) is 5. The lowest BCUT2D eigenvalue weighted by molar-refractivity contribution is -0.146. The molecule has 3 aromatic rings. The van der Waals surface area contributed by atoms with Crippen molar-refractivity contribution in [3.63, 3.8) is 0 Å². The van der Waals surface area contributed by atoms with Crippen molar-refractivity contribution >= 4 is 29.4 Å². The minimum Gasteiger partial charge on any atom is -0.454 e. The standard InChI is InChI=1S/C27H27N3O5/c1-18-7-11-20(12-8-18)15-28-27(34)22-5-3-4-6-23(22)30-24(31)17-35-25(32)16-29-26(33)21-13-9-19(2)10-14-21/h3-14H,15-17H2,1-2H3,(H,28,34)(H,29,33)(H,30,31). The maximum atomic E-state index is 12.6. The zero-order valence-electron chi connectivity index (χ0n) is 19.6. The molecule has 0 spiro atoms. The van der Waals surface area contributed by atoms with Crippen molar-refractivity contribution in [1.82, 2.24) is 10.6 Å². The third-order valence-electron chi connectivity index (χ3n) is 5.09. The van der Waals surface area contributed by atoms with Gasteiger partial charge < -0.3 is 20.7 Å². The van der Waals surface area contributed by atoms with Crippen LogP contribution in [0, 0.1) is 13.8 Å². The maximum Gasteiger partial charge on any atom is 0.325 e. The van der Waals surface area contributed by atoms with Crippen LogP contribution in [0.1, 0.15) is 37.4 Å². The van der Waals surface area contributed by atoms with Crippen LogP contribution in [-0.2, 0) is 20.9 Å². The average Bonchev–Trinajstić information content (AvgIpc) is 2.86. The van der Waals surface area contributed by atoms with Gasteiger partial charge in [-0.1, -0.05) is 59.7 Å². The van der Waals surface area contributed by atoms with E-state index < -0.39 is 24.4 Å². The topological polar surface area (TPSA) is 114 Å². The van der Waals surface area contributed by atoms with Gasteiger partial charge in [0, 0.05) is 12.1 Å². The molecule has 0 atom stereocenters. The van der Waals surface area contributed by atoms with Gasteiger partial charge in [-0.05, 0) is 43.7 Å². The summed E-state index contributed by atoms with van der Waals surface area (Å²) in [6.45, 7) is 3.30. The molecule has 180 valence electrons. The molecule has 0 fully saturated rings. The van der Waals surface area contributed by atoms with Crippen molar-refractivity contribution in [3.05, 3.63) is 101 Å². The minimum absolute atomic E-state index is 0.282. The Hall–Kier alpha value is -4.46. The van der Waals surface area contributed by atoms with Gasteiger partial charge in [-0.25, -0.2) is 0 Å². The Bertz CT molecular complexity index is 1200. The zero-order chi connectivity index (χ0) is 25.2. The van der Waals surface area contributed by atoms with Gasteiger partial charge in [0.1, 0.15) is 6.54 Å². The van der Waals surface area contributed by atoms with E-state index in [1.54, 1.807) is 48.5 Å². The summed E-state index contributed by atoms with van der Waals surface area (Å²) in [5, 5.41) is 7.86. The van der Waals surface area contributed by atoms with E-state index in [1.807, 2.05) is 38.1 Å². The summed E-state index contributed by atoms with van der Waals surface area (Å²) in [6.07, 6.45) is 0. The van der Waals surface area contributed by atoms with Crippen LogP contribution < -0.4 is 16.0 Å². The maximum absolute atomic E-state index is 12.6. The number of rotatable bonds is 9. The average molecular weight is 474 g/mol. The first-order valence-corrected chi connectivity index (χ1v) is 11.0. The molecular formula is C27H27N3O5. The lowest BCUT2D eigenvalue weighted by Crippen LogP contribution is -2.32. The quantitative estimate of drug-likeness (QED) is 0.413. The summed E-state index contributed by atoms with van der Waals surface area (Å²) in [5.41, 5.74) is 4.08. The summed E-state index contributed by atoms with van der Waals surface area (Å²) in [7, 11) is 0. The molecule has 0 heterocycles. The number of amides is 3. The number of benzene rings is 3. The van der Waals surface area contributed by atoms with E-state index >= 15 is 0 Å². The molecule has 0 aromatic heterocycles. The Morgan fingerprint density at radius 2 is 1.37 bits per heavy atom. The fourth-order valence-electron chi connectivity index (χ4n) is 3.12. The van der Waals surface area contributed by atoms with E-state index in [-0.39, 0.29) is 18.0 Å². The summed E-state index contributed by atoms with van der Waals surface area (Å²) in [6, 6.07) is 21.2. The van der Waals surface area contributed by atoms with E-state index in [0.29, 0.717) is 17.8 Å². The zero-order valence-corrected chi connectivity index (χ0v) is 19.6. The molecule has 35 heavy (non-hydrogen) atoms. The van der Waals surface area contributed by atoms with Gasteiger partial charge in [-0.15, -0.1) is 0 Å². The molecule has 3 amide bonds. The van der Waals surface area contributed by atoms with Crippen molar-refractivity contribution in [1.29, 1.82) is 0 Å². The predicted octanol–water partition coefficient (Wildman–Crippen LogP) is 3.15. The van der Waals surface area contributed by atoms with Crippen LogP contribution in [-0.4, -0.2) is 36.8 Å². The number of aryl methyl sites for hydroxylation is 2. The molecule has 0 saturated heterocycles. The largest absolute Gasteiger partial charge is 0.454 e. The highest BCUT2D eigenvalue weighted by Crippen LogP contribution is 2.15. The smallest absolute Gasteiger partial charge is 0.325 e. The lowest BCUT2D eigenvalue weighted by atomic mass is 10.1. The molecule has 0 saturated carbocycles. The fourth-order valence-corrected chi connectivity index (χ4v) is 3.12. The number of ether oxygens (including phenoxy) is 1. The van der Waals surface area contributed by atoms with Gasteiger partial charge in [0.05, 0.1) is 11.3 Å². The molecule has 0 aliphatic rings. The second-order valence-electron chi connectivity index (χ2n) is 7.97. The summed E-state index contributed by atoms with van der Waals surface area (Å²) >= 11 is 0. The van der Waals surface area contributed by atoms with Gasteiger partial charge in [0.15, 0.2) is 6.61 Å². The number of hydrogen-bond donors (Lipinski definition) is 3. The number of esters is 1. The van der Waals surface area contributed by atoms with Crippen LogP contribution in [0.25, 0.3) is 0 Å². The van der Waals surface area contributed by atoms with Gasteiger partial charge in [-0.2, -0.15) is 0 Å². The van der Waals surface area contributed by atoms with Gasteiger partial charge in [0.25, 0.3) is 17.7 Å². The number of nitrogens with one attached hydrogen (secondary N) is 3. The summed E-state index contributed by atoms with van der Waals surface area (Å²) in [5.74, 6) is -2.14. The summed E-state index contributed by atoms with van der Waals surface area (Å²) in [4.78, 5) is 48.9. The van der Waals surface area contributed by atoms with Crippen molar-refractivity contribution in [3.8, 4) is 0 Å². The fraction of sp³-hybridized carbons (Fsp3) is 0.185. The highest BCUT2D eigenvalue weighted by Gasteiger charge is 2.15. The Kier molecular flexibility index (Phi) is 8.72. The molecular weight excluding hydrogens is 446 g/mol. The number of carbonyl (C=O) groups excluding carboxylic acids is 4. The molecule has 0 aliphatic heterocycles. The second kappa shape index (κ2) is 12.1. The lowest BCUT2D eigenvalue weighted by Gasteiger charge is -2.12. The molecule has 3 rings (SSSR count). The number of carbonyl (C=O) groups is 4. The van der Waals surface area contributed by atoms with Gasteiger partial charge in [0.2, 0.25) is 0 Å². The molecule has 0 radical (unpaired) electrons. The normalized spacial score (nSPS) is 10.2. The number of para-hydroxylation sites is 1. The van der Waals surface area contributed by atoms with Crippen LogP contribution in [0.5, 0.6) is 0 Å². The van der Waals surface area contributed by atoms with Crippen molar-refractivity contribution in [2.75, 3.05) is 18.5 Å². The third-order valence-corrected chi connectivity index (χ3v) is 5.09. The highest BCUT2D eigenvalue weighted by molar-refractivity contribution is 6.04. The van der Waals surface area contributed by atoms with E-state index in [0.717, 1.165) is 16.7 Å². The van der Waals surface area contributed by atoms with Crippen LogP contribution in [0.15, 0.2) is 72.8 Å². The Labute approximate surface area is 203 Å². The van der Waals surface area contributed by atoms with E-state index in [4.69, 9.17) is 4.74 Å². The molecule has 8 heteroatoms. The Balaban J connectivity index is 1.46. The van der Waals surface area contributed by atoms with Crippen LogP contribution >= 0.6 is 0 Å². The molecule has 0 unspecified atom stereocenters. The van der Waals surface area contributed by atoms with Crippen molar-refractivity contribution in [2.45, 2.75) is 20.4 Å². The molecule has 3 N–H and O–H groups in total. The first kappa shape index (κ1) is 25.2. The van der Waals surface area contributed by atoms with Gasteiger partial charge >= 0.3 is 5.97 Å². The van der Waals surface area contributed by atoms with Crippen LogP contribution in [0.4, 0.5) is 5.69 Å². The second-order valence-corrected chi connectivity index (χ2v) is 7.97. The predicted molar refractivity (Wildman–Crippen MR) is 132 cm³/mol. The number of anilines is 1. The molecule has 3 aromatic carbocycles. The molecule has 0 aliphatic carbocycles. The first-order valence-electron chi connectivity index (χ1n) is 11.0. The van der Waals surface area contributed by atoms with Crippen LogP contribution in [0.3, 0.4) is 0 Å². The highest BCUT2D eigenvalue weighted by atomic mass is 16.5. The summed E-state index contributed by atoms with van der Waals surface area (Å²) < 4.78 is 4.93.